The second-order valence-corrected chi connectivity index (χ2v) is 7.19. The van der Waals surface area contributed by atoms with Gasteiger partial charge >= 0.3 is 0 Å². The van der Waals surface area contributed by atoms with E-state index in [0.717, 1.165) is 34.4 Å². The van der Waals surface area contributed by atoms with E-state index in [1.165, 1.54) is 28.0 Å². The van der Waals surface area contributed by atoms with Gasteiger partial charge in [0.2, 0.25) is 0 Å². The van der Waals surface area contributed by atoms with Gasteiger partial charge in [0, 0.05) is 66.1 Å². The maximum absolute atomic E-state index is 4.59. The van der Waals surface area contributed by atoms with Gasteiger partial charge in [0.25, 0.3) is 0 Å². The zero-order valence-corrected chi connectivity index (χ0v) is 15.6. The lowest BCUT2D eigenvalue weighted by atomic mass is 10.0. The first kappa shape index (κ1) is 16.0. The van der Waals surface area contributed by atoms with Gasteiger partial charge in [0.15, 0.2) is 0 Å². The van der Waals surface area contributed by atoms with Crippen molar-refractivity contribution in [3.63, 3.8) is 0 Å². The number of nitrogens with zero attached hydrogens (tertiary/aromatic N) is 4. The molecular formula is C21H17N5S. The fourth-order valence-electron chi connectivity index (χ4n) is 3.34. The van der Waals surface area contributed by atoms with Crippen LogP contribution in [0.4, 0.5) is 5.69 Å². The lowest BCUT2D eigenvalue weighted by Gasteiger charge is -2.11. The second kappa shape index (κ2) is 6.48. The number of hydrogen-bond donors (Lipinski definition) is 1. The van der Waals surface area contributed by atoms with Gasteiger partial charge in [-0.15, -0.1) is 0 Å². The number of rotatable bonds is 4. The number of benzene rings is 2. The van der Waals surface area contributed by atoms with Crippen LogP contribution in [-0.4, -0.2) is 18.9 Å². The number of aryl methyl sites for hydroxylation is 1. The molecule has 27 heavy (non-hydrogen) atoms. The Bertz CT molecular complexity index is 1240. The van der Waals surface area contributed by atoms with Crippen LogP contribution in [0.15, 0.2) is 66.6 Å². The summed E-state index contributed by atoms with van der Waals surface area (Å²) in [5.74, 6) is 0. The third kappa shape index (κ3) is 2.94. The van der Waals surface area contributed by atoms with E-state index in [0.29, 0.717) is 0 Å². The van der Waals surface area contributed by atoms with Crippen molar-refractivity contribution in [2.24, 2.45) is 7.05 Å². The predicted molar refractivity (Wildman–Crippen MR) is 111 cm³/mol. The van der Waals surface area contributed by atoms with Gasteiger partial charge in [-0.25, -0.2) is 4.37 Å². The molecule has 0 bridgehead atoms. The summed E-state index contributed by atoms with van der Waals surface area (Å²) < 4.78 is 6.30. The number of anilines is 1. The largest absolute Gasteiger partial charge is 0.381 e. The Labute approximate surface area is 160 Å². The van der Waals surface area contributed by atoms with Crippen molar-refractivity contribution >= 4 is 39.2 Å². The van der Waals surface area contributed by atoms with Gasteiger partial charge in [-0.2, -0.15) is 0 Å². The topological polar surface area (TPSA) is 55.6 Å². The molecule has 0 saturated heterocycles. The third-order valence-corrected chi connectivity index (χ3v) is 5.39. The number of hydrogen-bond acceptors (Lipinski definition) is 5. The summed E-state index contributed by atoms with van der Waals surface area (Å²) in [7, 11) is 2.07. The van der Waals surface area contributed by atoms with Gasteiger partial charge < -0.3 is 9.88 Å². The second-order valence-electron chi connectivity index (χ2n) is 6.53. The Balaban J connectivity index is 1.63. The minimum absolute atomic E-state index is 0.735. The Morgan fingerprint density at radius 2 is 2.00 bits per heavy atom. The van der Waals surface area contributed by atoms with E-state index in [2.05, 4.69) is 73.2 Å². The molecule has 0 unspecified atom stereocenters. The van der Waals surface area contributed by atoms with Gasteiger partial charge in [0.1, 0.15) is 0 Å². The average molecular weight is 371 g/mol. The van der Waals surface area contributed by atoms with Crippen molar-refractivity contribution in [2.45, 2.75) is 6.54 Å². The molecule has 0 aliphatic carbocycles. The molecule has 132 valence electrons. The van der Waals surface area contributed by atoms with Crippen molar-refractivity contribution in [3.8, 4) is 11.1 Å². The van der Waals surface area contributed by atoms with E-state index in [-0.39, 0.29) is 0 Å². The van der Waals surface area contributed by atoms with E-state index in [9.17, 15) is 0 Å². The molecule has 5 aromatic rings. The molecule has 0 amide bonds. The molecule has 0 aliphatic rings. The summed E-state index contributed by atoms with van der Waals surface area (Å²) in [4.78, 5) is 9.12. The first-order valence-electron chi connectivity index (χ1n) is 8.70. The van der Waals surface area contributed by atoms with E-state index < -0.39 is 0 Å². The molecule has 2 aromatic carbocycles. The van der Waals surface area contributed by atoms with Crippen LogP contribution in [0.25, 0.3) is 33.1 Å². The summed E-state index contributed by atoms with van der Waals surface area (Å²) in [5.41, 5.74) is 7.40. The highest BCUT2D eigenvalue weighted by Crippen LogP contribution is 2.32. The lowest BCUT2D eigenvalue weighted by molar-refractivity contribution is 0.969. The standard InChI is InChI=1S/C21H17N5S/c1-26-7-4-15-2-3-16(8-20(15)26)18-9-17(24-11-14-12-25-27-13-14)10-19-21(18)23-6-5-22-19/h2-10,12-13,24H,11H2,1H3. The van der Waals surface area contributed by atoms with Gasteiger partial charge in [-0.05, 0) is 46.7 Å². The number of aromatic nitrogens is 4. The summed E-state index contributed by atoms with van der Waals surface area (Å²) in [6.07, 6.45) is 7.46. The molecule has 5 nitrogen and oxygen atoms in total. The van der Waals surface area contributed by atoms with Gasteiger partial charge in [-0.3, -0.25) is 9.97 Å². The van der Waals surface area contributed by atoms with Crippen LogP contribution in [0.2, 0.25) is 0 Å². The Kier molecular flexibility index (Phi) is 3.83. The molecule has 5 rings (SSSR count). The first-order valence-corrected chi connectivity index (χ1v) is 9.54. The highest BCUT2D eigenvalue weighted by molar-refractivity contribution is 7.03. The molecule has 3 heterocycles. The van der Waals surface area contributed by atoms with Crippen LogP contribution >= 0.6 is 11.5 Å². The van der Waals surface area contributed by atoms with Crippen molar-refractivity contribution in [1.29, 1.82) is 0 Å². The molecule has 3 aromatic heterocycles. The summed E-state index contributed by atoms with van der Waals surface area (Å²) >= 11 is 1.47. The SMILES string of the molecule is Cn1ccc2ccc(-c3cc(NCc4cnsc4)cc4nccnc34)cc21. The normalized spacial score (nSPS) is 11.3. The summed E-state index contributed by atoms with van der Waals surface area (Å²) in [5, 5.41) is 6.77. The maximum atomic E-state index is 4.59. The van der Waals surface area contributed by atoms with E-state index in [1.807, 2.05) is 12.3 Å². The molecule has 0 aliphatic heterocycles. The van der Waals surface area contributed by atoms with Crippen LogP contribution < -0.4 is 5.32 Å². The zero-order valence-electron chi connectivity index (χ0n) is 14.8. The number of nitrogens with one attached hydrogen (secondary N) is 1. The molecular weight excluding hydrogens is 354 g/mol. The first-order chi connectivity index (χ1) is 13.3. The molecule has 0 spiro atoms. The molecule has 6 heteroatoms. The third-order valence-electron chi connectivity index (χ3n) is 4.75. The fraction of sp³-hybridized carbons (Fsp3) is 0.0952. The quantitative estimate of drug-likeness (QED) is 0.490. The highest BCUT2D eigenvalue weighted by Gasteiger charge is 2.10. The van der Waals surface area contributed by atoms with Crippen molar-refractivity contribution in [3.05, 3.63) is 72.1 Å². The lowest BCUT2D eigenvalue weighted by Crippen LogP contribution is -1.99. The van der Waals surface area contributed by atoms with Crippen LogP contribution in [-0.2, 0) is 13.6 Å². The average Bonchev–Trinajstić information content (AvgIpc) is 3.35. The van der Waals surface area contributed by atoms with E-state index in [1.54, 1.807) is 12.4 Å². The van der Waals surface area contributed by atoms with Crippen LogP contribution in [0.1, 0.15) is 5.56 Å². The summed E-state index contributed by atoms with van der Waals surface area (Å²) in [6, 6.07) is 12.9. The van der Waals surface area contributed by atoms with Crippen molar-refractivity contribution in [2.75, 3.05) is 5.32 Å². The van der Waals surface area contributed by atoms with Gasteiger partial charge in [-0.1, -0.05) is 12.1 Å². The fourth-order valence-corrected chi connectivity index (χ4v) is 3.88. The zero-order chi connectivity index (χ0) is 18.2. The Hall–Kier alpha value is -3.25. The molecule has 0 radical (unpaired) electrons. The summed E-state index contributed by atoms with van der Waals surface area (Å²) in [6.45, 7) is 0.735. The van der Waals surface area contributed by atoms with Crippen LogP contribution in [0, 0.1) is 0 Å². The van der Waals surface area contributed by atoms with Crippen molar-refractivity contribution < 1.29 is 0 Å². The van der Waals surface area contributed by atoms with E-state index >= 15 is 0 Å². The highest BCUT2D eigenvalue weighted by atomic mass is 32.1. The van der Waals surface area contributed by atoms with E-state index in [4.69, 9.17) is 0 Å². The molecule has 1 N–H and O–H groups in total. The predicted octanol–water partition coefficient (Wildman–Crippen LogP) is 4.86. The van der Waals surface area contributed by atoms with Crippen molar-refractivity contribution in [1.82, 2.24) is 18.9 Å². The number of fused-ring (bicyclic) bond motifs is 2. The minimum Gasteiger partial charge on any atom is -0.381 e. The smallest absolute Gasteiger partial charge is 0.0966 e. The van der Waals surface area contributed by atoms with Gasteiger partial charge in [0.05, 0.1) is 11.0 Å². The van der Waals surface area contributed by atoms with Crippen LogP contribution in [0.3, 0.4) is 0 Å². The monoisotopic (exact) mass is 371 g/mol. The maximum Gasteiger partial charge on any atom is 0.0966 e. The Morgan fingerprint density at radius 1 is 1.07 bits per heavy atom. The minimum atomic E-state index is 0.735. The molecule has 0 saturated carbocycles. The molecule has 0 fully saturated rings. The molecule has 0 atom stereocenters. The van der Waals surface area contributed by atoms with Crippen LogP contribution in [0.5, 0.6) is 0 Å². The Morgan fingerprint density at radius 3 is 2.89 bits per heavy atom.